The third-order valence-electron chi connectivity index (χ3n) is 5.40. The average Bonchev–Trinajstić information content (AvgIpc) is 3.16. The van der Waals surface area contributed by atoms with Gasteiger partial charge < -0.3 is 20.1 Å². The van der Waals surface area contributed by atoms with Crippen LogP contribution in [0.2, 0.25) is 5.02 Å². The van der Waals surface area contributed by atoms with E-state index in [0.29, 0.717) is 22.8 Å². The van der Waals surface area contributed by atoms with Crippen molar-refractivity contribution in [3.05, 3.63) is 64.7 Å². The number of ether oxygens (including phenoxy) is 2. The van der Waals surface area contributed by atoms with Gasteiger partial charge in [-0.2, -0.15) is 0 Å². The number of hydrogen-bond donors (Lipinski definition) is 3. The van der Waals surface area contributed by atoms with E-state index in [0.717, 1.165) is 31.7 Å². The zero-order valence-corrected chi connectivity index (χ0v) is 17.2. The largest absolute Gasteiger partial charge is 0.444 e. The molecule has 2 amide bonds. The third kappa shape index (κ3) is 5.11. The molecule has 0 aromatic heterocycles. The second kappa shape index (κ2) is 9.04. The van der Waals surface area contributed by atoms with Gasteiger partial charge in [-0.05, 0) is 30.2 Å². The summed E-state index contributed by atoms with van der Waals surface area (Å²) in [7, 11) is 0. The molecule has 2 aromatic carbocycles. The van der Waals surface area contributed by atoms with E-state index in [-0.39, 0.29) is 24.0 Å². The monoisotopic (exact) mass is 429 g/mol. The van der Waals surface area contributed by atoms with E-state index in [2.05, 4.69) is 16.0 Å². The molecule has 0 unspecified atom stereocenters. The lowest BCUT2D eigenvalue weighted by molar-refractivity contribution is 0.0742. The molecule has 8 heteroatoms. The van der Waals surface area contributed by atoms with Gasteiger partial charge >= 0.3 is 6.09 Å². The fourth-order valence-electron chi connectivity index (χ4n) is 3.73. The van der Waals surface area contributed by atoms with Gasteiger partial charge in [-0.3, -0.25) is 10.1 Å². The molecule has 30 heavy (non-hydrogen) atoms. The van der Waals surface area contributed by atoms with E-state index < -0.39 is 6.09 Å². The molecule has 0 radical (unpaired) electrons. The molecule has 2 aliphatic rings. The standard InChI is InChI=1S/C22H24ClN3O4/c23-17-6-16(20(27)25-10-19-9-22(14-30-19)12-24-13-22)7-18(8-17)26-21(28)29-11-15-4-2-1-3-5-15/h1-8,19,24H,9-14H2,(H,25,27)(H,26,28)/t19-/m1/s1. The Morgan fingerprint density at radius 3 is 2.70 bits per heavy atom. The van der Waals surface area contributed by atoms with Crippen molar-refractivity contribution >= 4 is 29.3 Å². The van der Waals surface area contributed by atoms with E-state index in [1.54, 1.807) is 18.2 Å². The summed E-state index contributed by atoms with van der Waals surface area (Å²) in [4.78, 5) is 24.6. The molecular weight excluding hydrogens is 406 g/mol. The van der Waals surface area contributed by atoms with Crippen molar-refractivity contribution in [1.82, 2.24) is 10.6 Å². The van der Waals surface area contributed by atoms with Gasteiger partial charge in [0.25, 0.3) is 5.91 Å². The lowest BCUT2D eigenvalue weighted by Gasteiger charge is -2.37. The van der Waals surface area contributed by atoms with Crippen LogP contribution >= 0.6 is 11.6 Å². The first-order chi connectivity index (χ1) is 14.5. The molecule has 2 aromatic rings. The Morgan fingerprint density at radius 1 is 1.20 bits per heavy atom. The Morgan fingerprint density at radius 2 is 2.00 bits per heavy atom. The van der Waals surface area contributed by atoms with Crippen molar-refractivity contribution in [2.75, 3.05) is 31.6 Å². The smallest absolute Gasteiger partial charge is 0.411 e. The highest BCUT2D eigenvalue weighted by atomic mass is 35.5. The summed E-state index contributed by atoms with van der Waals surface area (Å²) in [5.41, 5.74) is 1.87. The van der Waals surface area contributed by atoms with Crippen LogP contribution in [0.1, 0.15) is 22.3 Å². The first-order valence-corrected chi connectivity index (χ1v) is 10.3. The molecule has 0 saturated carbocycles. The first kappa shape index (κ1) is 20.7. The van der Waals surface area contributed by atoms with Gasteiger partial charge in [-0.1, -0.05) is 41.9 Å². The highest BCUT2D eigenvalue weighted by Gasteiger charge is 2.44. The van der Waals surface area contributed by atoms with Crippen molar-refractivity contribution in [1.29, 1.82) is 0 Å². The van der Waals surface area contributed by atoms with Gasteiger partial charge in [-0.25, -0.2) is 4.79 Å². The van der Waals surface area contributed by atoms with Gasteiger partial charge in [-0.15, -0.1) is 0 Å². The minimum atomic E-state index is -0.619. The van der Waals surface area contributed by atoms with Gasteiger partial charge in [0, 0.05) is 41.3 Å². The maximum Gasteiger partial charge on any atom is 0.411 e. The quantitative estimate of drug-likeness (QED) is 0.656. The summed E-state index contributed by atoms with van der Waals surface area (Å²) in [5.74, 6) is -0.269. The molecule has 2 aliphatic heterocycles. The van der Waals surface area contributed by atoms with Crippen LogP contribution in [0.5, 0.6) is 0 Å². The molecule has 7 nitrogen and oxygen atoms in total. The number of carbonyl (C=O) groups excluding carboxylic acids is 2. The normalized spacial score (nSPS) is 19.2. The molecule has 1 atom stereocenters. The zero-order chi connectivity index (χ0) is 21.0. The predicted octanol–water partition coefficient (Wildman–Crippen LogP) is 3.20. The number of nitrogens with one attached hydrogen (secondary N) is 3. The number of halogens is 1. The summed E-state index contributed by atoms with van der Waals surface area (Å²) < 4.78 is 11.0. The van der Waals surface area contributed by atoms with E-state index in [1.807, 2.05) is 30.3 Å². The molecule has 3 N–H and O–H groups in total. The zero-order valence-electron chi connectivity index (χ0n) is 16.4. The van der Waals surface area contributed by atoms with Crippen molar-refractivity contribution in [3.63, 3.8) is 0 Å². The molecule has 2 heterocycles. The van der Waals surface area contributed by atoms with Gasteiger partial charge in [0.15, 0.2) is 0 Å². The number of rotatable bonds is 6. The van der Waals surface area contributed by atoms with E-state index in [1.165, 1.54) is 0 Å². The molecule has 2 fully saturated rings. The van der Waals surface area contributed by atoms with Crippen molar-refractivity contribution in [3.8, 4) is 0 Å². The van der Waals surface area contributed by atoms with Gasteiger partial charge in [0.05, 0.1) is 12.7 Å². The van der Waals surface area contributed by atoms with Crippen LogP contribution in [0, 0.1) is 5.41 Å². The topological polar surface area (TPSA) is 88.7 Å². The third-order valence-corrected chi connectivity index (χ3v) is 5.61. The van der Waals surface area contributed by atoms with Crippen LogP contribution in [0.3, 0.4) is 0 Å². The predicted molar refractivity (Wildman–Crippen MR) is 114 cm³/mol. The Kier molecular flexibility index (Phi) is 6.22. The maximum atomic E-state index is 12.6. The molecule has 4 rings (SSSR count). The summed E-state index contributed by atoms with van der Waals surface area (Å²) in [6.45, 7) is 3.27. The second-order valence-electron chi connectivity index (χ2n) is 7.87. The maximum absolute atomic E-state index is 12.6. The molecular formula is C22H24ClN3O4. The SMILES string of the molecule is O=C(Nc1cc(Cl)cc(C(=O)NC[C@H]2CC3(CNC3)CO2)c1)OCc1ccccc1. The summed E-state index contributed by atoms with van der Waals surface area (Å²) in [6, 6.07) is 14.1. The number of carbonyl (C=O) groups is 2. The minimum absolute atomic E-state index is 0.0146. The van der Waals surface area contributed by atoms with Crippen molar-refractivity contribution in [2.24, 2.45) is 5.41 Å². The highest BCUT2D eigenvalue weighted by Crippen LogP contribution is 2.35. The number of hydrogen-bond acceptors (Lipinski definition) is 5. The number of amides is 2. The molecule has 0 aliphatic carbocycles. The highest BCUT2D eigenvalue weighted by molar-refractivity contribution is 6.31. The first-order valence-electron chi connectivity index (χ1n) is 9.90. The van der Waals surface area contributed by atoms with Gasteiger partial charge in [0.1, 0.15) is 6.61 Å². The van der Waals surface area contributed by atoms with E-state index in [9.17, 15) is 9.59 Å². The molecule has 0 bridgehead atoms. The summed E-state index contributed by atoms with van der Waals surface area (Å²) in [5, 5.41) is 9.13. The lowest BCUT2D eigenvalue weighted by Crippen LogP contribution is -2.54. The minimum Gasteiger partial charge on any atom is -0.444 e. The molecule has 2 saturated heterocycles. The van der Waals surface area contributed by atoms with Crippen LogP contribution in [-0.2, 0) is 16.1 Å². The molecule has 1 spiro atoms. The number of benzene rings is 2. The Balaban J connectivity index is 1.29. The van der Waals surface area contributed by atoms with Crippen LogP contribution < -0.4 is 16.0 Å². The van der Waals surface area contributed by atoms with Crippen molar-refractivity contribution in [2.45, 2.75) is 19.1 Å². The van der Waals surface area contributed by atoms with Crippen LogP contribution in [0.15, 0.2) is 48.5 Å². The fraction of sp³-hybridized carbons (Fsp3) is 0.364. The Labute approximate surface area is 180 Å². The summed E-state index contributed by atoms with van der Waals surface area (Å²) >= 11 is 6.14. The van der Waals surface area contributed by atoms with Crippen LogP contribution in [0.25, 0.3) is 0 Å². The lowest BCUT2D eigenvalue weighted by atomic mass is 9.80. The van der Waals surface area contributed by atoms with Crippen LogP contribution in [-0.4, -0.2) is 44.3 Å². The number of anilines is 1. The average molecular weight is 430 g/mol. The Bertz CT molecular complexity index is 918. The van der Waals surface area contributed by atoms with Gasteiger partial charge in [0.2, 0.25) is 0 Å². The molecule has 158 valence electrons. The van der Waals surface area contributed by atoms with Crippen LogP contribution in [0.4, 0.5) is 10.5 Å². The van der Waals surface area contributed by atoms with E-state index in [4.69, 9.17) is 21.1 Å². The van der Waals surface area contributed by atoms with E-state index >= 15 is 0 Å². The van der Waals surface area contributed by atoms with Crippen molar-refractivity contribution < 1.29 is 19.1 Å². The second-order valence-corrected chi connectivity index (χ2v) is 8.30. The summed E-state index contributed by atoms with van der Waals surface area (Å²) in [6.07, 6.45) is 0.336. The Hall–Kier alpha value is -2.61. The fourth-order valence-corrected chi connectivity index (χ4v) is 3.97.